The number of carbonyl (C=O) groups is 1. The zero-order valence-electron chi connectivity index (χ0n) is 14.9. The molecule has 2 aliphatic heterocycles. The quantitative estimate of drug-likeness (QED) is 0.812. The van der Waals surface area contributed by atoms with Crippen molar-refractivity contribution in [2.75, 3.05) is 19.7 Å². The van der Waals surface area contributed by atoms with Gasteiger partial charge in [0, 0.05) is 31.5 Å². The van der Waals surface area contributed by atoms with E-state index >= 15 is 0 Å². The first-order valence-corrected chi connectivity index (χ1v) is 10.3. The molecule has 4 rings (SSSR count). The Labute approximate surface area is 158 Å². The number of likely N-dealkylation sites (tertiary alicyclic amines) is 1. The highest BCUT2D eigenvalue weighted by Crippen LogP contribution is 2.36. The molecule has 0 N–H and O–H groups in total. The molecule has 1 unspecified atom stereocenters. The number of thiophene rings is 1. The van der Waals surface area contributed by atoms with Gasteiger partial charge >= 0.3 is 0 Å². The van der Waals surface area contributed by atoms with E-state index in [2.05, 4.69) is 12.1 Å². The molecular weight excluding hydrogens is 346 g/mol. The fraction of sp³-hybridized carbons (Fsp3) is 0.476. The van der Waals surface area contributed by atoms with Crippen molar-refractivity contribution >= 4 is 17.2 Å². The second-order valence-electron chi connectivity index (χ2n) is 7.25. The van der Waals surface area contributed by atoms with Crippen LogP contribution in [0.4, 0.5) is 0 Å². The Morgan fingerprint density at radius 2 is 2.04 bits per heavy atom. The zero-order chi connectivity index (χ0) is 17.8. The Hall–Kier alpha value is -1.69. The lowest BCUT2D eigenvalue weighted by Crippen LogP contribution is -2.52. The van der Waals surface area contributed by atoms with Crippen LogP contribution in [0.1, 0.15) is 41.6 Å². The molecule has 3 heterocycles. The highest BCUT2D eigenvalue weighted by atomic mass is 32.1. The summed E-state index contributed by atoms with van der Waals surface area (Å²) in [7, 11) is 0. The van der Waals surface area contributed by atoms with Gasteiger partial charge in [-0.3, -0.25) is 4.79 Å². The highest BCUT2D eigenvalue weighted by molar-refractivity contribution is 7.08. The molecule has 5 heteroatoms. The largest absolute Gasteiger partial charge is 0.375 e. The summed E-state index contributed by atoms with van der Waals surface area (Å²) < 4.78 is 12.4. The minimum Gasteiger partial charge on any atom is -0.375 e. The molecule has 0 aliphatic carbocycles. The molecular formula is C21H25NO3S. The highest BCUT2D eigenvalue weighted by Gasteiger charge is 2.41. The van der Waals surface area contributed by atoms with Gasteiger partial charge in [-0.2, -0.15) is 11.3 Å². The Kier molecular flexibility index (Phi) is 5.38. The molecule has 26 heavy (non-hydrogen) atoms. The van der Waals surface area contributed by atoms with E-state index < -0.39 is 0 Å². The molecule has 2 saturated heterocycles. The second-order valence-corrected chi connectivity index (χ2v) is 8.03. The summed E-state index contributed by atoms with van der Waals surface area (Å²) in [5, 5.41) is 3.88. The summed E-state index contributed by atoms with van der Waals surface area (Å²) in [5.74, 6) is 0.147. The topological polar surface area (TPSA) is 38.8 Å². The lowest BCUT2D eigenvalue weighted by atomic mass is 9.83. The number of benzene rings is 1. The van der Waals surface area contributed by atoms with Crippen LogP contribution in [0.15, 0.2) is 47.2 Å². The molecule has 0 radical (unpaired) electrons. The number of hydrogen-bond acceptors (Lipinski definition) is 4. The average molecular weight is 372 g/mol. The zero-order valence-corrected chi connectivity index (χ0v) is 15.7. The minimum atomic E-state index is -0.120. The molecule has 4 nitrogen and oxygen atoms in total. The van der Waals surface area contributed by atoms with Crippen molar-refractivity contribution in [2.45, 2.75) is 44.0 Å². The number of amides is 1. The smallest absolute Gasteiger partial charge is 0.254 e. The third-order valence-corrected chi connectivity index (χ3v) is 6.19. The molecule has 2 aliphatic rings. The summed E-state index contributed by atoms with van der Waals surface area (Å²) in [6.07, 6.45) is 3.91. The van der Waals surface area contributed by atoms with Gasteiger partial charge in [0.1, 0.15) is 0 Å². The van der Waals surface area contributed by atoms with Crippen molar-refractivity contribution in [3.8, 4) is 0 Å². The molecule has 1 aromatic carbocycles. The molecule has 2 aromatic rings. The van der Waals surface area contributed by atoms with Crippen molar-refractivity contribution in [3.05, 3.63) is 58.3 Å². The predicted molar refractivity (Wildman–Crippen MR) is 102 cm³/mol. The third kappa shape index (κ3) is 4.00. The van der Waals surface area contributed by atoms with Crippen LogP contribution in [0, 0.1) is 0 Å². The van der Waals surface area contributed by atoms with Crippen LogP contribution in [0.5, 0.6) is 0 Å². The van der Waals surface area contributed by atoms with Crippen LogP contribution in [-0.2, 0) is 16.1 Å². The lowest BCUT2D eigenvalue weighted by molar-refractivity contribution is -0.154. The Morgan fingerprint density at radius 3 is 2.77 bits per heavy atom. The van der Waals surface area contributed by atoms with E-state index in [0.29, 0.717) is 6.61 Å². The first kappa shape index (κ1) is 17.7. The standard InChI is InChI=1S/C21H25NO3S/c23-20(18-7-13-26-16-18)22-10-8-21(9-11-22)14-19(6-12-25-21)24-15-17-4-2-1-3-5-17/h1-5,7,13,16,19H,6,8-12,14-15H2. The Morgan fingerprint density at radius 1 is 1.23 bits per heavy atom. The number of nitrogens with zero attached hydrogens (tertiary/aromatic N) is 1. The van der Waals surface area contributed by atoms with Crippen LogP contribution in [0.3, 0.4) is 0 Å². The number of carbonyl (C=O) groups excluding carboxylic acids is 1. The maximum atomic E-state index is 12.5. The Bertz CT molecular complexity index is 708. The number of piperidine rings is 1. The summed E-state index contributed by atoms with van der Waals surface area (Å²) >= 11 is 1.57. The first-order valence-electron chi connectivity index (χ1n) is 9.35. The van der Waals surface area contributed by atoms with Crippen LogP contribution >= 0.6 is 11.3 Å². The van der Waals surface area contributed by atoms with Crippen molar-refractivity contribution in [1.82, 2.24) is 4.90 Å². The molecule has 138 valence electrons. The van der Waals surface area contributed by atoms with Crippen molar-refractivity contribution in [1.29, 1.82) is 0 Å². The SMILES string of the molecule is O=C(c1ccsc1)N1CCC2(CC1)CC(OCc1ccccc1)CCO2. The van der Waals surface area contributed by atoms with Gasteiger partial charge in [0.25, 0.3) is 5.91 Å². The minimum absolute atomic E-state index is 0.120. The van der Waals surface area contributed by atoms with E-state index in [1.165, 1.54) is 5.56 Å². The molecule has 0 bridgehead atoms. The van der Waals surface area contributed by atoms with Crippen molar-refractivity contribution in [3.63, 3.8) is 0 Å². The van der Waals surface area contributed by atoms with Gasteiger partial charge in [0.2, 0.25) is 0 Å². The number of rotatable bonds is 4. The average Bonchev–Trinajstić information content (AvgIpc) is 3.22. The maximum Gasteiger partial charge on any atom is 0.254 e. The second kappa shape index (κ2) is 7.91. The van der Waals surface area contributed by atoms with Gasteiger partial charge in [-0.15, -0.1) is 0 Å². The monoisotopic (exact) mass is 371 g/mol. The van der Waals surface area contributed by atoms with Crippen LogP contribution < -0.4 is 0 Å². The number of ether oxygens (including phenoxy) is 2. The summed E-state index contributed by atoms with van der Waals surface area (Å²) in [6.45, 7) is 2.93. The summed E-state index contributed by atoms with van der Waals surface area (Å²) in [5.41, 5.74) is 1.90. The van der Waals surface area contributed by atoms with Crippen molar-refractivity contribution in [2.24, 2.45) is 0 Å². The lowest BCUT2D eigenvalue weighted by Gasteiger charge is -2.46. The summed E-state index contributed by atoms with van der Waals surface area (Å²) in [4.78, 5) is 14.5. The number of hydrogen-bond donors (Lipinski definition) is 0. The van der Waals surface area contributed by atoms with E-state index in [1.54, 1.807) is 11.3 Å². The Balaban J connectivity index is 1.31. The van der Waals surface area contributed by atoms with Gasteiger partial charge in [-0.1, -0.05) is 30.3 Å². The first-order chi connectivity index (χ1) is 12.7. The molecule has 1 amide bonds. The van der Waals surface area contributed by atoms with E-state index in [1.807, 2.05) is 39.9 Å². The summed E-state index contributed by atoms with van der Waals surface area (Å²) in [6, 6.07) is 12.2. The van der Waals surface area contributed by atoms with Crippen molar-refractivity contribution < 1.29 is 14.3 Å². The normalized spacial score (nSPS) is 22.5. The molecule has 1 spiro atoms. The van der Waals surface area contributed by atoms with Gasteiger partial charge in [0.05, 0.1) is 23.9 Å². The van der Waals surface area contributed by atoms with Crippen LogP contribution in [-0.4, -0.2) is 42.2 Å². The molecule has 1 atom stereocenters. The van der Waals surface area contributed by atoms with E-state index in [4.69, 9.17) is 9.47 Å². The van der Waals surface area contributed by atoms with Gasteiger partial charge in [-0.05, 0) is 36.3 Å². The molecule has 2 fully saturated rings. The fourth-order valence-corrected chi connectivity index (χ4v) is 4.58. The van der Waals surface area contributed by atoms with E-state index in [0.717, 1.165) is 50.9 Å². The molecule has 1 aromatic heterocycles. The van der Waals surface area contributed by atoms with Crippen LogP contribution in [0.2, 0.25) is 0 Å². The molecule has 0 saturated carbocycles. The van der Waals surface area contributed by atoms with Gasteiger partial charge < -0.3 is 14.4 Å². The maximum absolute atomic E-state index is 12.5. The fourth-order valence-electron chi connectivity index (χ4n) is 3.95. The van der Waals surface area contributed by atoms with E-state index in [-0.39, 0.29) is 17.6 Å². The van der Waals surface area contributed by atoms with E-state index in [9.17, 15) is 4.79 Å². The van der Waals surface area contributed by atoms with Gasteiger partial charge in [0.15, 0.2) is 0 Å². The third-order valence-electron chi connectivity index (χ3n) is 5.51. The van der Waals surface area contributed by atoms with Crippen LogP contribution in [0.25, 0.3) is 0 Å². The van der Waals surface area contributed by atoms with Gasteiger partial charge in [-0.25, -0.2) is 0 Å². The predicted octanol–water partition coefficient (Wildman–Crippen LogP) is 4.12.